The molecule has 0 aromatic heterocycles. The molecule has 1 aromatic carbocycles. The lowest BCUT2D eigenvalue weighted by Gasteiger charge is -2.54. The molecule has 0 radical (unpaired) electrons. The molecular weight excluding hydrogens is 340 g/mol. The van der Waals surface area contributed by atoms with Crippen LogP contribution in [-0.2, 0) is 11.2 Å². The number of fused-ring (bicyclic) bond motifs is 5. The van der Waals surface area contributed by atoms with Crippen LogP contribution < -0.4 is 0 Å². The van der Waals surface area contributed by atoms with E-state index in [0.717, 1.165) is 24.7 Å². The molecule has 1 aromatic rings. The zero-order chi connectivity index (χ0) is 19.0. The molecule has 3 aliphatic rings. The summed E-state index contributed by atoms with van der Waals surface area (Å²) in [5.74, 6) is 2.52. The molecule has 5 nitrogen and oxygen atoms in total. The summed E-state index contributed by atoms with van der Waals surface area (Å²) in [5.41, 5.74) is 3.50. The number of ether oxygens (including phenoxy) is 1. The summed E-state index contributed by atoms with van der Waals surface area (Å²) in [5, 5.41) is 6.09. The van der Waals surface area contributed by atoms with Crippen LogP contribution >= 0.6 is 0 Å². The Kier molecular flexibility index (Phi) is 5.15. The molecule has 3 unspecified atom stereocenters. The second-order valence-corrected chi connectivity index (χ2v) is 9.11. The third-order valence-corrected chi connectivity index (χ3v) is 7.97. The number of benzene rings is 1. The maximum Gasteiger partial charge on any atom is 0.108 e. The number of nitrogens with zero attached hydrogens (tertiary/aromatic N) is 2. The van der Waals surface area contributed by atoms with E-state index in [1.807, 2.05) is 12.1 Å². The summed E-state index contributed by atoms with van der Waals surface area (Å²) in [7, 11) is 0. The highest BCUT2D eigenvalue weighted by Crippen LogP contribution is 2.63. The van der Waals surface area contributed by atoms with Gasteiger partial charge in [-0.15, -0.1) is 4.91 Å². The lowest BCUT2D eigenvalue weighted by molar-refractivity contribution is -0.0865. The second-order valence-electron chi connectivity index (χ2n) is 9.11. The second kappa shape index (κ2) is 7.42. The minimum absolute atomic E-state index is 0.178. The van der Waals surface area contributed by atoms with Gasteiger partial charge in [-0.25, -0.2) is 0 Å². The summed E-state index contributed by atoms with van der Waals surface area (Å²) >= 11 is 0. The van der Waals surface area contributed by atoms with Gasteiger partial charge in [0.05, 0.1) is 12.6 Å². The van der Waals surface area contributed by atoms with Gasteiger partial charge in [0.25, 0.3) is 0 Å². The predicted molar refractivity (Wildman–Crippen MR) is 106 cm³/mol. The average molecular weight is 370 g/mol. The smallest absolute Gasteiger partial charge is 0.108 e. The molecule has 0 spiro atoms. The Bertz CT molecular complexity index is 722. The summed E-state index contributed by atoms with van der Waals surface area (Å²) in [4.78, 5) is 21.4. The van der Waals surface area contributed by atoms with Crippen molar-refractivity contribution in [1.82, 2.24) is 0 Å². The lowest BCUT2D eigenvalue weighted by Crippen LogP contribution is -2.49. The van der Waals surface area contributed by atoms with E-state index in [2.05, 4.69) is 30.3 Å². The highest BCUT2D eigenvalue weighted by molar-refractivity contribution is 5.47. The van der Waals surface area contributed by atoms with E-state index in [1.54, 1.807) is 0 Å². The fourth-order valence-corrected chi connectivity index (χ4v) is 6.45. The first-order chi connectivity index (χ1) is 13.1. The third-order valence-electron chi connectivity index (χ3n) is 7.97. The van der Waals surface area contributed by atoms with Crippen LogP contribution in [0.4, 0.5) is 5.69 Å². The molecule has 0 bridgehead atoms. The van der Waals surface area contributed by atoms with Gasteiger partial charge < -0.3 is 4.74 Å². The maximum atomic E-state index is 11.0. The molecule has 0 aliphatic heterocycles. The van der Waals surface area contributed by atoms with Crippen LogP contribution in [0.15, 0.2) is 28.6 Å². The molecule has 0 amide bonds. The molecule has 146 valence electrons. The quantitative estimate of drug-likeness (QED) is 0.474. The van der Waals surface area contributed by atoms with Gasteiger partial charge in [-0.2, -0.15) is 4.91 Å². The zero-order valence-corrected chi connectivity index (χ0v) is 16.4. The fourth-order valence-electron chi connectivity index (χ4n) is 6.45. The molecule has 3 aliphatic carbocycles. The van der Waals surface area contributed by atoms with Crippen molar-refractivity contribution >= 4 is 5.69 Å². The van der Waals surface area contributed by atoms with E-state index in [-0.39, 0.29) is 6.10 Å². The Hall–Kier alpha value is -1.62. The van der Waals surface area contributed by atoms with E-state index in [4.69, 9.17) is 4.74 Å². The molecule has 6 atom stereocenters. The Balaban J connectivity index is 1.67. The maximum absolute atomic E-state index is 11.0. The highest BCUT2D eigenvalue weighted by atomic mass is 16.5. The van der Waals surface area contributed by atoms with Crippen molar-refractivity contribution in [2.45, 2.75) is 64.4 Å². The van der Waals surface area contributed by atoms with Crippen LogP contribution in [0.2, 0.25) is 0 Å². The first kappa shape index (κ1) is 18.7. The third kappa shape index (κ3) is 3.14. The number of hydrogen-bond donors (Lipinski definition) is 0. The Morgan fingerprint density at radius 1 is 1.22 bits per heavy atom. The van der Waals surface area contributed by atoms with Gasteiger partial charge in [-0.3, -0.25) is 0 Å². The summed E-state index contributed by atoms with van der Waals surface area (Å²) < 4.78 is 6.41. The first-order valence-corrected chi connectivity index (χ1v) is 10.5. The lowest BCUT2D eigenvalue weighted by atomic mass is 9.53. The summed E-state index contributed by atoms with van der Waals surface area (Å²) in [6.07, 6.45) is 6.79. The van der Waals surface area contributed by atoms with Gasteiger partial charge in [-0.05, 0) is 90.1 Å². The van der Waals surface area contributed by atoms with Gasteiger partial charge in [0.15, 0.2) is 0 Å². The first-order valence-electron chi connectivity index (χ1n) is 10.5. The minimum Gasteiger partial charge on any atom is -0.377 e. The fraction of sp³-hybridized carbons (Fsp3) is 0.727. The monoisotopic (exact) mass is 370 g/mol. The van der Waals surface area contributed by atoms with E-state index in [0.29, 0.717) is 42.5 Å². The van der Waals surface area contributed by atoms with Crippen molar-refractivity contribution in [3.63, 3.8) is 0 Å². The Labute approximate surface area is 161 Å². The molecule has 4 rings (SSSR count). The van der Waals surface area contributed by atoms with Crippen molar-refractivity contribution in [3.8, 4) is 0 Å². The van der Waals surface area contributed by atoms with Crippen LogP contribution in [0.3, 0.4) is 0 Å². The van der Waals surface area contributed by atoms with Crippen LogP contribution in [0.5, 0.6) is 0 Å². The number of hydrogen-bond acceptors (Lipinski definition) is 5. The molecule has 0 N–H and O–H groups in total. The summed E-state index contributed by atoms with van der Waals surface area (Å²) in [6.45, 7) is 5.80. The van der Waals surface area contributed by atoms with Gasteiger partial charge >= 0.3 is 0 Å². The normalized spacial score (nSPS) is 37.2. The van der Waals surface area contributed by atoms with Crippen LogP contribution in [0.1, 0.15) is 63.0 Å². The van der Waals surface area contributed by atoms with Gasteiger partial charge in [0.2, 0.25) is 0 Å². The Morgan fingerprint density at radius 3 is 2.85 bits per heavy atom. The topological polar surface area (TPSA) is 68.1 Å². The van der Waals surface area contributed by atoms with Crippen molar-refractivity contribution in [1.29, 1.82) is 0 Å². The van der Waals surface area contributed by atoms with Crippen LogP contribution in [0, 0.1) is 33.0 Å². The molecule has 2 fully saturated rings. The molecule has 5 heteroatoms. The van der Waals surface area contributed by atoms with Gasteiger partial charge in [0, 0.05) is 12.5 Å². The van der Waals surface area contributed by atoms with Crippen molar-refractivity contribution < 1.29 is 4.74 Å². The predicted octanol–water partition coefficient (Wildman–Crippen LogP) is 5.73. The zero-order valence-electron chi connectivity index (χ0n) is 16.4. The molecular formula is C22H30N2O3. The molecule has 2 saturated carbocycles. The van der Waals surface area contributed by atoms with Crippen LogP contribution in [0.25, 0.3) is 0 Å². The molecule has 27 heavy (non-hydrogen) atoms. The molecule has 0 heterocycles. The van der Waals surface area contributed by atoms with E-state index in [9.17, 15) is 9.81 Å². The minimum atomic E-state index is 0.178. The number of nitroso groups, excluding NO2 is 2. The van der Waals surface area contributed by atoms with Gasteiger partial charge in [-0.1, -0.05) is 25.1 Å². The standard InChI is InChI=1S/C22H30N2O3/c1-14-4-9-19-18-7-5-15-12-16(24-26)6-8-17(15)21(18)20(13-22(14,19)2)27-11-3-10-23-25/h6,8,12,14,18-21H,3-5,7,9-11,13H2,1-2H3/t14-,18?,19?,20+,21?,22+/m0/s1. The number of rotatable bonds is 6. The highest BCUT2D eigenvalue weighted by Gasteiger charge is 2.56. The van der Waals surface area contributed by atoms with E-state index < -0.39 is 0 Å². The van der Waals surface area contributed by atoms with E-state index in [1.165, 1.54) is 30.4 Å². The summed E-state index contributed by atoms with van der Waals surface area (Å²) in [6, 6.07) is 5.94. The number of aryl methyl sites for hydroxylation is 1. The van der Waals surface area contributed by atoms with E-state index >= 15 is 0 Å². The van der Waals surface area contributed by atoms with Crippen molar-refractivity contribution in [2.75, 3.05) is 13.2 Å². The van der Waals surface area contributed by atoms with Crippen molar-refractivity contribution in [2.24, 2.45) is 33.5 Å². The SMILES string of the molecule is C[C@H]1CCC2C3CCc4cc(N=O)ccc4C3[C@H](OCCCN=O)C[C@@]21C. The average Bonchev–Trinajstić information content (AvgIpc) is 2.98. The van der Waals surface area contributed by atoms with Gasteiger partial charge in [0.1, 0.15) is 5.69 Å². The van der Waals surface area contributed by atoms with Crippen LogP contribution in [-0.4, -0.2) is 19.3 Å². The van der Waals surface area contributed by atoms with Crippen molar-refractivity contribution in [3.05, 3.63) is 39.1 Å². The largest absolute Gasteiger partial charge is 0.377 e. The molecule has 0 saturated heterocycles. The Morgan fingerprint density at radius 2 is 2.07 bits per heavy atom.